The SMILES string of the molecule is C[C@@H]1Oc2ccccc2O[C@@H]1[C@@H](O)CNC(C)(C)C. The average Bonchev–Trinajstić information content (AvgIpc) is 2.34. The largest absolute Gasteiger partial charge is 0.483 e. The Hall–Kier alpha value is -1.26. The Balaban J connectivity index is 2.01. The van der Waals surface area contributed by atoms with E-state index in [9.17, 15) is 5.11 Å². The molecule has 0 bridgehead atoms. The molecule has 106 valence electrons. The second-order valence-corrected chi connectivity index (χ2v) is 6.05. The Morgan fingerprint density at radius 3 is 2.37 bits per heavy atom. The summed E-state index contributed by atoms with van der Waals surface area (Å²) in [6.45, 7) is 8.59. The van der Waals surface area contributed by atoms with Crippen LogP contribution < -0.4 is 14.8 Å². The second-order valence-electron chi connectivity index (χ2n) is 6.05. The van der Waals surface area contributed by atoms with Crippen LogP contribution in [-0.4, -0.2) is 35.5 Å². The van der Waals surface area contributed by atoms with Crippen molar-refractivity contribution in [2.45, 2.75) is 51.5 Å². The molecule has 0 amide bonds. The molecular weight excluding hydrogens is 242 g/mol. The maximum Gasteiger partial charge on any atom is 0.162 e. The van der Waals surface area contributed by atoms with E-state index in [0.29, 0.717) is 12.3 Å². The molecule has 0 aromatic heterocycles. The summed E-state index contributed by atoms with van der Waals surface area (Å²) in [6.07, 6.45) is -1.14. The summed E-state index contributed by atoms with van der Waals surface area (Å²) in [5.74, 6) is 1.43. The summed E-state index contributed by atoms with van der Waals surface area (Å²) in [6, 6.07) is 7.54. The van der Waals surface area contributed by atoms with E-state index in [0.717, 1.165) is 5.75 Å². The van der Waals surface area contributed by atoms with Gasteiger partial charge in [-0.3, -0.25) is 0 Å². The van der Waals surface area contributed by atoms with Crippen molar-refractivity contribution in [1.29, 1.82) is 0 Å². The highest BCUT2D eigenvalue weighted by molar-refractivity contribution is 5.41. The fourth-order valence-electron chi connectivity index (χ4n) is 2.07. The Bertz CT molecular complexity index is 428. The molecule has 1 aliphatic rings. The van der Waals surface area contributed by atoms with Crippen molar-refractivity contribution < 1.29 is 14.6 Å². The molecule has 1 aromatic rings. The highest BCUT2D eigenvalue weighted by Crippen LogP contribution is 2.34. The van der Waals surface area contributed by atoms with Crippen LogP contribution in [0.1, 0.15) is 27.7 Å². The first kappa shape index (κ1) is 14.2. The fourth-order valence-corrected chi connectivity index (χ4v) is 2.07. The van der Waals surface area contributed by atoms with Gasteiger partial charge in [0.05, 0.1) is 0 Å². The molecule has 4 heteroatoms. The Labute approximate surface area is 114 Å². The molecule has 1 heterocycles. The molecule has 1 aliphatic heterocycles. The molecule has 4 nitrogen and oxygen atoms in total. The highest BCUT2D eigenvalue weighted by atomic mass is 16.6. The normalized spacial score (nSPS) is 24.1. The lowest BCUT2D eigenvalue weighted by Crippen LogP contribution is -2.52. The topological polar surface area (TPSA) is 50.7 Å². The van der Waals surface area contributed by atoms with Gasteiger partial charge in [0.25, 0.3) is 0 Å². The zero-order chi connectivity index (χ0) is 14.0. The van der Waals surface area contributed by atoms with Crippen molar-refractivity contribution in [3.8, 4) is 11.5 Å². The van der Waals surface area contributed by atoms with E-state index in [1.54, 1.807) is 0 Å². The molecule has 0 saturated carbocycles. The molecule has 0 radical (unpaired) electrons. The fraction of sp³-hybridized carbons (Fsp3) is 0.600. The van der Waals surface area contributed by atoms with Crippen LogP contribution in [0, 0.1) is 0 Å². The number of aliphatic hydroxyl groups is 1. The van der Waals surface area contributed by atoms with Crippen molar-refractivity contribution in [3.05, 3.63) is 24.3 Å². The van der Waals surface area contributed by atoms with E-state index in [1.165, 1.54) is 0 Å². The number of aliphatic hydroxyl groups excluding tert-OH is 1. The molecular formula is C15H23NO3. The summed E-state index contributed by atoms with van der Waals surface area (Å²) in [5.41, 5.74) is -0.0301. The molecule has 3 atom stereocenters. The smallest absolute Gasteiger partial charge is 0.162 e. The van der Waals surface area contributed by atoms with E-state index in [4.69, 9.17) is 9.47 Å². The lowest BCUT2D eigenvalue weighted by Gasteiger charge is -2.35. The van der Waals surface area contributed by atoms with Crippen molar-refractivity contribution in [2.24, 2.45) is 0 Å². The molecule has 2 rings (SSSR count). The van der Waals surface area contributed by atoms with E-state index < -0.39 is 6.10 Å². The Morgan fingerprint density at radius 1 is 1.21 bits per heavy atom. The molecule has 0 unspecified atom stereocenters. The number of para-hydroxylation sites is 2. The number of rotatable bonds is 3. The van der Waals surface area contributed by atoms with Gasteiger partial charge in [-0.05, 0) is 39.8 Å². The first-order chi connectivity index (χ1) is 8.87. The summed E-state index contributed by atoms with van der Waals surface area (Å²) in [7, 11) is 0. The molecule has 0 fully saturated rings. The molecule has 0 aliphatic carbocycles. The van der Waals surface area contributed by atoms with Gasteiger partial charge in [0, 0.05) is 12.1 Å². The maximum absolute atomic E-state index is 10.3. The second kappa shape index (κ2) is 5.39. The van der Waals surface area contributed by atoms with Gasteiger partial charge >= 0.3 is 0 Å². The number of β-amino-alcohol motifs (C(OH)–C–C–N with tert-alkyl or cyclic N) is 1. The van der Waals surface area contributed by atoms with Crippen LogP contribution >= 0.6 is 0 Å². The van der Waals surface area contributed by atoms with Gasteiger partial charge in [-0.2, -0.15) is 0 Å². The Kier molecular flexibility index (Phi) is 4.02. The van der Waals surface area contributed by atoms with Gasteiger partial charge in [-0.15, -0.1) is 0 Å². The van der Waals surface area contributed by atoms with E-state index in [2.05, 4.69) is 26.1 Å². The molecule has 2 N–H and O–H groups in total. The van der Waals surface area contributed by atoms with Crippen LogP contribution in [0.5, 0.6) is 11.5 Å². The van der Waals surface area contributed by atoms with Gasteiger partial charge in [-0.25, -0.2) is 0 Å². The number of benzene rings is 1. The molecule has 0 saturated heterocycles. The Morgan fingerprint density at radius 2 is 1.79 bits per heavy atom. The third-order valence-corrected chi connectivity index (χ3v) is 3.11. The van der Waals surface area contributed by atoms with Crippen molar-refractivity contribution in [1.82, 2.24) is 5.32 Å². The van der Waals surface area contributed by atoms with Crippen molar-refractivity contribution >= 4 is 0 Å². The minimum Gasteiger partial charge on any atom is -0.483 e. The van der Waals surface area contributed by atoms with Crippen LogP contribution in [0.25, 0.3) is 0 Å². The van der Waals surface area contributed by atoms with Crippen LogP contribution in [0.2, 0.25) is 0 Å². The van der Waals surface area contributed by atoms with E-state index in [-0.39, 0.29) is 17.7 Å². The average molecular weight is 265 g/mol. The first-order valence-electron chi connectivity index (χ1n) is 6.72. The van der Waals surface area contributed by atoms with Crippen LogP contribution in [0.3, 0.4) is 0 Å². The van der Waals surface area contributed by atoms with Crippen molar-refractivity contribution in [2.75, 3.05) is 6.54 Å². The van der Waals surface area contributed by atoms with Gasteiger partial charge < -0.3 is 19.9 Å². The lowest BCUT2D eigenvalue weighted by atomic mass is 10.0. The number of nitrogens with one attached hydrogen (secondary N) is 1. The summed E-state index contributed by atoms with van der Waals surface area (Å²) >= 11 is 0. The molecule has 19 heavy (non-hydrogen) atoms. The predicted octanol–water partition coefficient (Wildman–Crippen LogP) is 1.96. The zero-order valence-electron chi connectivity index (χ0n) is 12.0. The zero-order valence-corrected chi connectivity index (χ0v) is 12.0. The van der Waals surface area contributed by atoms with Crippen LogP contribution in [-0.2, 0) is 0 Å². The molecule has 1 aromatic carbocycles. The minimum atomic E-state index is -0.609. The van der Waals surface area contributed by atoms with Gasteiger partial charge in [0.2, 0.25) is 0 Å². The number of hydrogen-bond acceptors (Lipinski definition) is 4. The minimum absolute atomic E-state index is 0.0301. The third-order valence-electron chi connectivity index (χ3n) is 3.11. The summed E-state index contributed by atoms with van der Waals surface area (Å²) < 4.78 is 11.6. The third kappa shape index (κ3) is 3.61. The molecule has 0 spiro atoms. The van der Waals surface area contributed by atoms with Crippen molar-refractivity contribution in [3.63, 3.8) is 0 Å². The maximum atomic E-state index is 10.3. The first-order valence-corrected chi connectivity index (χ1v) is 6.72. The number of ether oxygens (including phenoxy) is 2. The van der Waals surface area contributed by atoms with Crippen LogP contribution in [0.15, 0.2) is 24.3 Å². The van der Waals surface area contributed by atoms with Gasteiger partial charge in [-0.1, -0.05) is 12.1 Å². The number of hydrogen-bond donors (Lipinski definition) is 2. The van der Waals surface area contributed by atoms with E-state index in [1.807, 2.05) is 31.2 Å². The highest BCUT2D eigenvalue weighted by Gasteiger charge is 2.34. The lowest BCUT2D eigenvalue weighted by molar-refractivity contribution is -0.0475. The predicted molar refractivity (Wildman–Crippen MR) is 74.7 cm³/mol. The van der Waals surface area contributed by atoms with Gasteiger partial charge in [0.15, 0.2) is 17.6 Å². The van der Waals surface area contributed by atoms with Crippen LogP contribution in [0.4, 0.5) is 0 Å². The number of fused-ring (bicyclic) bond motifs is 1. The van der Waals surface area contributed by atoms with Gasteiger partial charge in [0.1, 0.15) is 12.2 Å². The summed E-state index contributed by atoms with van der Waals surface area (Å²) in [4.78, 5) is 0. The quantitative estimate of drug-likeness (QED) is 0.877. The standard InChI is InChI=1S/C15H23NO3/c1-10-14(11(17)9-16-15(2,3)4)19-13-8-6-5-7-12(13)18-10/h5-8,10-11,14,16-17H,9H2,1-4H3/t10-,11-,14-/m0/s1. The van der Waals surface area contributed by atoms with E-state index >= 15 is 0 Å². The summed E-state index contributed by atoms with van der Waals surface area (Å²) in [5, 5.41) is 13.5. The monoisotopic (exact) mass is 265 g/mol.